The van der Waals surface area contributed by atoms with E-state index in [1.54, 1.807) is 13.2 Å². The van der Waals surface area contributed by atoms with E-state index in [9.17, 15) is 22.8 Å². The van der Waals surface area contributed by atoms with Crippen LogP contribution in [0.15, 0.2) is 41.2 Å². The summed E-state index contributed by atoms with van der Waals surface area (Å²) in [6, 6.07) is 5.99. The Kier molecular flexibility index (Phi) is 6.57. The highest BCUT2D eigenvalue weighted by Crippen LogP contribution is 2.30. The number of alkyl halides is 3. The molecule has 2 heterocycles. The molecule has 1 amide bonds. The number of carbonyl (C=O) groups is 1. The highest BCUT2D eigenvalue weighted by atomic mass is 19.4. The third-order valence-electron chi connectivity index (χ3n) is 5.12. The molecular formula is C20H23F3N4O3. The average Bonchev–Trinajstić information content (AvgIpc) is 2.73. The molecule has 1 aromatic heterocycles. The van der Waals surface area contributed by atoms with Crippen molar-refractivity contribution in [3.63, 3.8) is 0 Å². The summed E-state index contributed by atoms with van der Waals surface area (Å²) in [5, 5.41) is 10.2. The monoisotopic (exact) mass is 424 g/mol. The Balaban J connectivity index is 1.74. The molecule has 7 nitrogen and oxygen atoms in total. The number of halogens is 3. The highest BCUT2D eigenvalue weighted by Gasteiger charge is 2.30. The van der Waals surface area contributed by atoms with Crippen molar-refractivity contribution in [3.05, 3.63) is 58.0 Å². The zero-order valence-corrected chi connectivity index (χ0v) is 16.6. The van der Waals surface area contributed by atoms with E-state index in [1.807, 2.05) is 0 Å². The molecule has 1 aromatic carbocycles. The van der Waals surface area contributed by atoms with E-state index in [2.05, 4.69) is 15.7 Å². The molecule has 1 saturated heterocycles. The smallest absolute Gasteiger partial charge is 0.381 e. The summed E-state index contributed by atoms with van der Waals surface area (Å²) in [6.07, 6.45) is -2.81. The van der Waals surface area contributed by atoms with Crippen molar-refractivity contribution in [1.82, 2.24) is 15.1 Å². The van der Waals surface area contributed by atoms with Crippen LogP contribution in [0, 0.1) is 0 Å². The molecular weight excluding hydrogens is 401 g/mol. The number of nitrogens with zero attached hydrogens (tertiary/aromatic N) is 2. The second kappa shape index (κ2) is 8.97. The van der Waals surface area contributed by atoms with Gasteiger partial charge in [0, 0.05) is 18.9 Å². The van der Waals surface area contributed by atoms with Crippen LogP contribution >= 0.6 is 0 Å². The average molecular weight is 424 g/mol. The van der Waals surface area contributed by atoms with Gasteiger partial charge < -0.3 is 15.4 Å². The summed E-state index contributed by atoms with van der Waals surface area (Å²) in [4.78, 5) is 24.8. The van der Waals surface area contributed by atoms with Crippen molar-refractivity contribution in [2.24, 2.45) is 0 Å². The Hall–Kier alpha value is -2.72. The van der Waals surface area contributed by atoms with E-state index >= 15 is 0 Å². The molecule has 30 heavy (non-hydrogen) atoms. The number of hydrogen-bond acceptors (Lipinski definition) is 5. The largest absolute Gasteiger partial charge is 0.416 e. The third-order valence-corrected chi connectivity index (χ3v) is 5.12. The summed E-state index contributed by atoms with van der Waals surface area (Å²) in [5.74, 6) is -0.562. The molecule has 2 N–H and O–H groups in total. The first kappa shape index (κ1) is 22.0. The molecule has 0 spiro atoms. The number of ether oxygens (including phenoxy) is 1. The number of methoxy groups -OCH3 is 1. The first-order chi connectivity index (χ1) is 14.2. The number of anilines is 1. The molecule has 1 aliphatic heterocycles. The number of piperidine rings is 1. The Morgan fingerprint density at radius 1 is 1.27 bits per heavy atom. The molecule has 0 aliphatic carbocycles. The van der Waals surface area contributed by atoms with Crippen molar-refractivity contribution in [2.45, 2.75) is 44.1 Å². The lowest BCUT2D eigenvalue weighted by atomic mass is 9.99. The molecule has 0 saturated carbocycles. The summed E-state index contributed by atoms with van der Waals surface area (Å²) in [5.41, 5.74) is -0.451. The fraction of sp³-hybridized carbons (Fsp3) is 0.450. The minimum atomic E-state index is -4.46. The molecule has 0 radical (unpaired) electrons. The van der Waals surface area contributed by atoms with Crippen molar-refractivity contribution in [3.8, 4) is 0 Å². The maximum absolute atomic E-state index is 12.7. The number of aromatic nitrogens is 2. The number of rotatable bonds is 5. The van der Waals surface area contributed by atoms with Gasteiger partial charge in [-0.25, -0.2) is 4.68 Å². The Bertz CT molecular complexity index is 944. The van der Waals surface area contributed by atoms with Crippen LogP contribution in [-0.2, 0) is 15.7 Å². The second-order valence-corrected chi connectivity index (χ2v) is 7.17. The molecule has 1 aliphatic rings. The predicted octanol–water partition coefficient (Wildman–Crippen LogP) is 2.90. The predicted molar refractivity (Wildman–Crippen MR) is 104 cm³/mol. The molecule has 10 heteroatoms. The van der Waals surface area contributed by atoms with Gasteiger partial charge in [-0.3, -0.25) is 9.59 Å². The van der Waals surface area contributed by atoms with Crippen LogP contribution in [0.3, 0.4) is 0 Å². The van der Waals surface area contributed by atoms with E-state index in [1.165, 1.54) is 13.0 Å². The summed E-state index contributed by atoms with van der Waals surface area (Å²) < 4.78 is 44.5. The minimum absolute atomic E-state index is 0.0822. The van der Waals surface area contributed by atoms with E-state index in [4.69, 9.17) is 4.74 Å². The SMILES string of the molecule is COC1CCNC(c2ccc(=O)n(C(C)C(=O)Nc3ccc(C(F)(F)F)cc3)n2)C1. The van der Waals surface area contributed by atoms with E-state index in [0.717, 1.165) is 41.9 Å². The summed E-state index contributed by atoms with van der Waals surface area (Å²) in [7, 11) is 1.65. The first-order valence-corrected chi connectivity index (χ1v) is 9.53. The summed E-state index contributed by atoms with van der Waals surface area (Å²) in [6.45, 7) is 2.25. The molecule has 3 rings (SSSR count). The van der Waals surface area contributed by atoms with Gasteiger partial charge in [-0.05, 0) is 56.6 Å². The van der Waals surface area contributed by atoms with Gasteiger partial charge in [0.05, 0.1) is 23.4 Å². The Labute approximate surface area is 171 Å². The quantitative estimate of drug-likeness (QED) is 0.771. The second-order valence-electron chi connectivity index (χ2n) is 7.17. The van der Waals surface area contributed by atoms with Gasteiger partial charge in [0.15, 0.2) is 0 Å². The maximum Gasteiger partial charge on any atom is 0.416 e. The molecule has 3 unspecified atom stereocenters. The Morgan fingerprint density at radius 3 is 2.60 bits per heavy atom. The lowest BCUT2D eigenvalue weighted by Crippen LogP contribution is -2.38. The molecule has 3 atom stereocenters. The fourth-order valence-corrected chi connectivity index (χ4v) is 3.33. The fourth-order valence-electron chi connectivity index (χ4n) is 3.33. The summed E-state index contributed by atoms with van der Waals surface area (Å²) >= 11 is 0. The van der Waals surface area contributed by atoms with Gasteiger partial charge in [0.1, 0.15) is 6.04 Å². The lowest BCUT2D eigenvalue weighted by molar-refractivity contribution is -0.137. The van der Waals surface area contributed by atoms with Gasteiger partial charge in [0.2, 0.25) is 5.91 Å². The molecule has 1 fully saturated rings. The number of hydrogen-bond donors (Lipinski definition) is 2. The van der Waals surface area contributed by atoms with Gasteiger partial charge in [0.25, 0.3) is 5.56 Å². The molecule has 2 aromatic rings. The topological polar surface area (TPSA) is 85.2 Å². The van der Waals surface area contributed by atoms with Crippen LogP contribution in [0.5, 0.6) is 0 Å². The number of amides is 1. The maximum atomic E-state index is 12.7. The zero-order chi connectivity index (χ0) is 21.9. The van der Waals surface area contributed by atoms with E-state index in [-0.39, 0.29) is 17.8 Å². The molecule has 162 valence electrons. The minimum Gasteiger partial charge on any atom is -0.381 e. The first-order valence-electron chi connectivity index (χ1n) is 9.53. The van der Waals surface area contributed by atoms with Crippen molar-refractivity contribution < 1.29 is 22.7 Å². The lowest BCUT2D eigenvalue weighted by Gasteiger charge is -2.29. The van der Waals surface area contributed by atoms with Crippen LogP contribution in [0.2, 0.25) is 0 Å². The van der Waals surface area contributed by atoms with Crippen LogP contribution < -0.4 is 16.2 Å². The highest BCUT2D eigenvalue weighted by molar-refractivity contribution is 5.93. The Morgan fingerprint density at radius 2 is 1.97 bits per heavy atom. The van der Waals surface area contributed by atoms with Crippen LogP contribution in [-0.4, -0.2) is 35.4 Å². The molecule has 0 bridgehead atoms. The van der Waals surface area contributed by atoms with Crippen molar-refractivity contribution in [2.75, 3.05) is 19.0 Å². The van der Waals surface area contributed by atoms with Gasteiger partial charge >= 0.3 is 6.18 Å². The number of nitrogens with one attached hydrogen (secondary N) is 2. The van der Waals surface area contributed by atoms with Gasteiger partial charge in [-0.1, -0.05) is 0 Å². The van der Waals surface area contributed by atoms with Crippen LogP contribution in [0.1, 0.15) is 43.1 Å². The van der Waals surface area contributed by atoms with Gasteiger partial charge in [-0.2, -0.15) is 18.3 Å². The number of carbonyl (C=O) groups excluding carboxylic acids is 1. The van der Waals surface area contributed by atoms with Gasteiger partial charge in [-0.15, -0.1) is 0 Å². The standard InChI is InChI=1S/C20H23F3N4O3/c1-12(19(29)25-14-5-3-13(4-6-14)20(21,22)23)27-18(28)8-7-16(26-27)17-11-15(30-2)9-10-24-17/h3-8,12,15,17,24H,9-11H2,1-2H3,(H,25,29). The van der Waals surface area contributed by atoms with E-state index in [0.29, 0.717) is 12.1 Å². The van der Waals surface area contributed by atoms with Crippen LogP contribution in [0.25, 0.3) is 0 Å². The zero-order valence-electron chi connectivity index (χ0n) is 16.6. The third kappa shape index (κ3) is 5.06. The van der Waals surface area contributed by atoms with Crippen molar-refractivity contribution >= 4 is 11.6 Å². The van der Waals surface area contributed by atoms with E-state index < -0.39 is 29.2 Å². The van der Waals surface area contributed by atoms with Crippen LogP contribution in [0.4, 0.5) is 18.9 Å². The van der Waals surface area contributed by atoms with Crippen molar-refractivity contribution in [1.29, 1.82) is 0 Å². The number of benzene rings is 1. The normalized spacial score (nSPS) is 20.6.